The Kier molecular flexibility index (Phi) is 11.9. The summed E-state index contributed by atoms with van der Waals surface area (Å²) in [5.74, 6) is -0.598. The molecule has 0 radical (unpaired) electrons. The minimum absolute atomic E-state index is 0.0393. The van der Waals surface area contributed by atoms with E-state index < -0.39 is 24.3 Å². The molecule has 0 spiro atoms. The van der Waals surface area contributed by atoms with Crippen LogP contribution in [0.2, 0.25) is 0 Å². The van der Waals surface area contributed by atoms with Crippen molar-refractivity contribution < 1.29 is 28.9 Å². The first-order valence-electron chi connectivity index (χ1n) is 9.96. The van der Waals surface area contributed by atoms with Gasteiger partial charge in [-0.05, 0) is 65.5 Å². The Morgan fingerprint density at radius 2 is 1.91 bits per heavy atom. The summed E-state index contributed by atoms with van der Waals surface area (Å²) in [5.41, 5.74) is 0.898. The van der Waals surface area contributed by atoms with E-state index in [9.17, 15) is 14.7 Å². The molecule has 0 aromatic heterocycles. The van der Waals surface area contributed by atoms with E-state index in [2.05, 4.69) is 49.8 Å². The monoisotopic (exact) mass is 621 g/mol. The number of carbonyl (C=O) groups is 2. The molecule has 2 aromatic rings. The van der Waals surface area contributed by atoms with Crippen LogP contribution in [0.4, 0.5) is 10.5 Å². The Morgan fingerprint density at radius 3 is 2.52 bits per heavy atom. The topological polar surface area (TPSA) is 94.1 Å². The Morgan fingerprint density at radius 1 is 1.21 bits per heavy atom. The van der Waals surface area contributed by atoms with Crippen LogP contribution in [0.15, 0.2) is 50.2 Å². The molecule has 2 aromatic carbocycles. The average Bonchev–Trinajstić information content (AvgIpc) is 2.79. The number of hydrogen-bond acceptors (Lipinski definition) is 8. The van der Waals surface area contributed by atoms with Gasteiger partial charge in [0.15, 0.2) is 6.10 Å². The summed E-state index contributed by atoms with van der Waals surface area (Å²) in [6.07, 6.45) is -0.203. The van der Waals surface area contributed by atoms with E-state index in [1.807, 2.05) is 18.4 Å². The molecule has 2 N–H and O–H groups in total. The van der Waals surface area contributed by atoms with Crippen LogP contribution in [-0.4, -0.2) is 48.5 Å². The third-order valence-corrected chi connectivity index (χ3v) is 6.51. The van der Waals surface area contributed by atoms with Crippen LogP contribution in [-0.2, 0) is 19.0 Å². The molecule has 0 aliphatic carbocycles. The summed E-state index contributed by atoms with van der Waals surface area (Å²) in [7, 11) is 0. The number of thiol groups is 1. The van der Waals surface area contributed by atoms with Crippen molar-refractivity contribution in [1.82, 2.24) is 0 Å². The Bertz CT molecular complexity index is 945. The maximum Gasteiger partial charge on any atom is 0.412 e. The summed E-state index contributed by atoms with van der Waals surface area (Å²) < 4.78 is 17.8. The first-order chi connectivity index (χ1) is 15.8. The van der Waals surface area contributed by atoms with Gasteiger partial charge in [0.05, 0.1) is 16.8 Å². The van der Waals surface area contributed by atoms with Crippen molar-refractivity contribution in [3.63, 3.8) is 0 Å². The van der Waals surface area contributed by atoms with Crippen molar-refractivity contribution >= 4 is 74.0 Å². The molecular formula is C22H25Br2NO6S2. The van der Waals surface area contributed by atoms with E-state index in [-0.39, 0.29) is 24.5 Å². The molecule has 7 nitrogen and oxygen atoms in total. The molecule has 11 heteroatoms. The minimum atomic E-state index is -0.987. The van der Waals surface area contributed by atoms with Crippen molar-refractivity contribution in [2.45, 2.75) is 30.4 Å². The van der Waals surface area contributed by atoms with Crippen molar-refractivity contribution in [3.05, 3.63) is 50.9 Å². The molecule has 0 heterocycles. The first kappa shape index (κ1) is 27.8. The molecule has 180 valence electrons. The number of amides is 1. The molecule has 0 aliphatic heterocycles. The lowest BCUT2D eigenvalue weighted by molar-refractivity contribution is -0.142. The Labute approximate surface area is 219 Å². The average molecular weight is 623 g/mol. The zero-order chi connectivity index (χ0) is 24.4. The minimum Gasteiger partial charge on any atom is -0.506 e. The van der Waals surface area contributed by atoms with Gasteiger partial charge < -0.3 is 19.3 Å². The Balaban J connectivity index is 2.29. The lowest BCUT2D eigenvalue weighted by atomic mass is 10.0. The number of ether oxygens (including phenoxy) is 3. The number of benzene rings is 2. The van der Waals surface area contributed by atoms with Crippen LogP contribution in [0.5, 0.6) is 5.75 Å². The van der Waals surface area contributed by atoms with Crippen molar-refractivity contribution in [2.24, 2.45) is 0 Å². The normalized spacial score (nSPS) is 12.6. The van der Waals surface area contributed by atoms with Crippen molar-refractivity contribution in [3.8, 4) is 5.75 Å². The van der Waals surface area contributed by atoms with E-state index >= 15 is 0 Å². The van der Waals surface area contributed by atoms with Gasteiger partial charge in [-0.15, -0.1) is 11.8 Å². The third kappa shape index (κ3) is 8.71. The lowest BCUT2D eigenvalue weighted by Gasteiger charge is -2.28. The molecular weight excluding hydrogens is 598 g/mol. The van der Waals surface area contributed by atoms with E-state index in [1.54, 1.807) is 43.0 Å². The van der Waals surface area contributed by atoms with Gasteiger partial charge in [0.1, 0.15) is 11.9 Å². The van der Waals surface area contributed by atoms with E-state index in [1.165, 1.54) is 0 Å². The molecule has 0 bridgehead atoms. The summed E-state index contributed by atoms with van der Waals surface area (Å²) >= 11 is 12.2. The summed E-state index contributed by atoms with van der Waals surface area (Å²) in [4.78, 5) is 25.3. The van der Waals surface area contributed by atoms with Gasteiger partial charge in [-0.25, -0.2) is 4.79 Å². The summed E-state index contributed by atoms with van der Waals surface area (Å²) in [6.45, 7) is 2.16. The van der Waals surface area contributed by atoms with Crippen LogP contribution in [0.3, 0.4) is 0 Å². The number of phenols is 1. The number of hydrogen-bond donors (Lipinski definition) is 3. The second-order valence-corrected chi connectivity index (χ2v) is 9.63. The smallest absolute Gasteiger partial charge is 0.412 e. The molecule has 0 unspecified atom stereocenters. The largest absolute Gasteiger partial charge is 0.506 e. The van der Waals surface area contributed by atoms with Gasteiger partial charge in [-0.3, -0.25) is 10.1 Å². The summed E-state index contributed by atoms with van der Waals surface area (Å²) in [6, 6.07) is 10.6. The highest BCUT2D eigenvalue weighted by Crippen LogP contribution is 2.39. The van der Waals surface area contributed by atoms with E-state index in [0.29, 0.717) is 26.8 Å². The maximum absolute atomic E-state index is 12.8. The quantitative estimate of drug-likeness (QED) is 0.156. The van der Waals surface area contributed by atoms with Crippen LogP contribution < -0.4 is 5.32 Å². The molecule has 2 atom stereocenters. The molecule has 0 saturated heterocycles. The Hall–Kier alpha value is -1.40. The number of nitrogens with one attached hydrogen (secondary N) is 1. The molecule has 2 rings (SSSR count). The second-order valence-electron chi connectivity index (χ2n) is 6.67. The van der Waals surface area contributed by atoms with Crippen LogP contribution in [0.25, 0.3) is 0 Å². The SMILES string of the molecule is CCO[C@@H](CCOC(=O)CS)[C@@H](OC(=O)Nc1ccc(SC)cc1)c1cc(Br)cc(Br)c1O. The van der Waals surface area contributed by atoms with Crippen LogP contribution >= 0.6 is 56.3 Å². The van der Waals surface area contributed by atoms with Gasteiger partial charge >= 0.3 is 12.1 Å². The highest BCUT2D eigenvalue weighted by molar-refractivity contribution is 9.11. The van der Waals surface area contributed by atoms with E-state index in [0.717, 1.165) is 4.90 Å². The lowest BCUT2D eigenvalue weighted by Crippen LogP contribution is -2.30. The highest BCUT2D eigenvalue weighted by atomic mass is 79.9. The van der Waals surface area contributed by atoms with Crippen molar-refractivity contribution in [2.75, 3.05) is 30.5 Å². The van der Waals surface area contributed by atoms with Gasteiger partial charge in [-0.2, -0.15) is 12.6 Å². The second kappa shape index (κ2) is 14.1. The van der Waals surface area contributed by atoms with E-state index in [4.69, 9.17) is 14.2 Å². The predicted octanol–water partition coefficient (Wildman–Crippen LogP) is 6.20. The molecule has 33 heavy (non-hydrogen) atoms. The molecule has 0 saturated carbocycles. The van der Waals surface area contributed by atoms with Gasteiger partial charge in [-0.1, -0.05) is 15.9 Å². The van der Waals surface area contributed by atoms with Gasteiger partial charge in [0, 0.05) is 33.6 Å². The highest BCUT2D eigenvalue weighted by Gasteiger charge is 2.31. The fourth-order valence-corrected chi connectivity index (χ4v) is 4.71. The predicted molar refractivity (Wildman–Crippen MR) is 139 cm³/mol. The third-order valence-electron chi connectivity index (χ3n) is 4.45. The number of esters is 1. The number of thioether (sulfide) groups is 1. The van der Waals surface area contributed by atoms with Crippen molar-refractivity contribution in [1.29, 1.82) is 0 Å². The summed E-state index contributed by atoms with van der Waals surface area (Å²) in [5, 5.41) is 13.4. The first-order valence-corrected chi connectivity index (χ1v) is 13.4. The fourth-order valence-electron chi connectivity index (χ4n) is 2.95. The number of carbonyl (C=O) groups excluding carboxylic acids is 2. The standard InChI is InChI=1S/C22H25Br2NO6S2/c1-3-29-18(8-9-30-19(26)12-32)21(16-10-13(23)11-17(24)20(16)27)31-22(28)25-14-4-6-15(33-2)7-5-14/h4-7,10-11,18,21,27,32H,3,8-9,12H2,1-2H3,(H,25,28)/t18-,21-/m0/s1. The van der Waals surface area contributed by atoms with Gasteiger partial charge in [0.2, 0.25) is 0 Å². The number of rotatable bonds is 11. The molecule has 1 amide bonds. The number of aromatic hydroxyl groups is 1. The van der Waals surface area contributed by atoms with Crippen LogP contribution in [0, 0.1) is 0 Å². The fraction of sp³-hybridized carbons (Fsp3) is 0.364. The molecule has 0 fully saturated rings. The van der Waals surface area contributed by atoms with Crippen LogP contribution in [0.1, 0.15) is 25.0 Å². The zero-order valence-electron chi connectivity index (χ0n) is 18.0. The number of phenolic OH excluding ortho intramolecular Hbond substituents is 1. The molecule has 0 aliphatic rings. The van der Waals surface area contributed by atoms with Gasteiger partial charge in [0.25, 0.3) is 0 Å². The maximum atomic E-state index is 12.8. The number of anilines is 1. The number of halogens is 2. The zero-order valence-corrected chi connectivity index (χ0v) is 22.9.